The maximum Gasteiger partial charge on any atom is 0.0767 e. The van der Waals surface area contributed by atoms with Crippen LogP contribution in [-0.4, -0.2) is 24.8 Å². The van der Waals surface area contributed by atoms with E-state index in [1.807, 2.05) is 0 Å². The van der Waals surface area contributed by atoms with Crippen LogP contribution < -0.4 is 5.32 Å². The summed E-state index contributed by atoms with van der Waals surface area (Å²) in [6, 6.07) is 0. The third-order valence-corrected chi connectivity index (χ3v) is 4.45. The molecule has 0 radical (unpaired) electrons. The number of hydrogen-bond acceptors (Lipinski definition) is 2. The summed E-state index contributed by atoms with van der Waals surface area (Å²) in [5, 5.41) is 3.39. The first-order valence-corrected chi connectivity index (χ1v) is 6.94. The van der Waals surface area contributed by atoms with E-state index in [1.165, 1.54) is 51.4 Å². The van der Waals surface area contributed by atoms with E-state index >= 15 is 0 Å². The van der Waals surface area contributed by atoms with Gasteiger partial charge in [-0.25, -0.2) is 0 Å². The van der Waals surface area contributed by atoms with Crippen LogP contribution in [0.1, 0.15) is 51.4 Å². The predicted molar refractivity (Wildman–Crippen MR) is 65.5 cm³/mol. The lowest BCUT2D eigenvalue weighted by atomic mass is 9.83. The lowest BCUT2D eigenvalue weighted by Crippen LogP contribution is -2.31. The number of nitrogens with one attached hydrogen (secondary N) is 1. The van der Waals surface area contributed by atoms with Crippen LogP contribution in [0.3, 0.4) is 0 Å². The molecule has 0 aromatic carbocycles. The Morgan fingerprint density at radius 2 is 2.06 bits per heavy atom. The minimum absolute atomic E-state index is 0.284. The lowest BCUT2D eigenvalue weighted by molar-refractivity contribution is -0.0483. The van der Waals surface area contributed by atoms with Crippen LogP contribution in [-0.2, 0) is 4.74 Å². The second kappa shape index (κ2) is 4.50. The molecule has 0 aromatic heterocycles. The molecule has 2 aliphatic heterocycles. The Morgan fingerprint density at radius 3 is 2.81 bits per heavy atom. The van der Waals surface area contributed by atoms with E-state index in [2.05, 4.69) is 11.4 Å². The first-order valence-electron chi connectivity index (χ1n) is 6.94. The lowest BCUT2D eigenvalue weighted by Gasteiger charge is -2.33. The average Bonchev–Trinajstić information content (AvgIpc) is 2.92. The van der Waals surface area contributed by atoms with Gasteiger partial charge in [0.1, 0.15) is 0 Å². The maximum absolute atomic E-state index is 6.35. The molecule has 2 heterocycles. The highest BCUT2D eigenvalue weighted by molar-refractivity contribution is 5.13. The van der Waals surface area contributed by atoms with Crippen molar-refractivity contribution in [3.63, 3.8) is 0 Å². The van der Waals surface area contributed by atoms with Crippen LogP contribution in [0.15, 0.2) is 11.6 Å². The van der Waals surface area contributed by atoms with E-state index in [0.717, 1.165) is 13.1 Å². The highest BCUT2D eigenvalue weighted by Gasteiger charge is 2.40. The zero-order chi connectivity index (χ0) is 10.8. The van der Waals surface area contributed by atoms with Crippen molar-refractivity contribution in [1.82, 2.24) is 5.32 Å². The molecule has 2 saturated heterocycles. The first kappa shape index (κ1) is 10.8. The average molecular weight is 221 g/mol. The zero-order valence-corrected chi connectivity index (χ0v) is 10.1. The second-order valence-corrected chi connectivity index (χ2v) is 5.69. The predicted octanol–water partition coefficient (Wildman–Crippen LogP) is 2.79. The largest absolute Gasteiger partial charge is 0.368 e. The van der Waals surface area contributed by atoms with Crippen molar-refractivity contribution in [1.29, 1.82) is 0 Å². The summed E-state index contributed by atoms with van der Waals surface area (Å²) in [6.07, 6.45) is 13.4. The zero-order valence-electron chi connectivity index (χ0n) is 10.1. The highest BCUT2D eigenvalue weighted by Crippen LogP contribution is 2.42. The fourth-order valence-electron chi connectivity index (χ4n) is 3.52. The van der Waals surface area contributed by atoms with Gasteiger partial charge in [-0.3, -0.25) is 0 Å². The van der Waals surface area contributed by atoms with Gasteiger partial charge in [-0.1, -0.05) is 30.9 Å². The summed E-state index contributed by atoms with van der Waals surface area (Å²) in [5.74, 6) is 0. The Morgan fingerprint density at radius 1 is 1.19 bits per heavy atom. The molecule has 0 bridgehead atoms. The molecule has 1 saturated carbocycles. The van der Waals surface area contributed by atoms with Crippen molar-refractivity contribution in [3.05, 3.63) is 11.6 Å². The van der Waals surface area contributed by atoms with Gasteiger partial charge in [-0.05, 0) is 38.6 Å². The smallest absolute Gasteiger partial charge is 0.0767 e. The van der Waals surface area contributed by atoms with E-state index in [4.69, 9.17) is 4.74 Å². The summed E-state index contributed by atoms with van der Waals surface area (Å²) < 4.78 is 6.35. The molecule has 1 aliphatic carbocycles. The SMILES string of the molecule is C(=C1CCNC1)C1CCC2(CCCCC2)O1. The molecule has 1 N–H and O–H groups in total. The summed E-state index contributed by atoms with van der Waals surface area (Å²) in [6.45, 7) is 2.25. The molecule has 2 heteroatoms. The van der Waals surface area contributed by atoms with Gasteiger partial charge in [0.05, 0.1) is 11.7 Å². The van der Waals surface area contributed by atoms with Crippen molar-refractivity contribution < 1.29 is 4.74 Å². The second-order valence-electron chi connectivity index (χ2n) is 5.69. The number of rotatable bonds is 1. The Hall–Kier alpha value is -0.340. The van der Waals surface area contributed by atoms with Gasteiger partial charge in [-0.15, -0.1) is 0 Å². The summed E-state index contributed by atoms with van der Waals surface area (Å²) >= 11 is 0. The standard InChI is InChI=1S/C14H23NO/c1-2-6-14(7-3-1)8-4-13(16-14)10-12-5-9-15-11-12/h10,13,15H,1-9,11H2. The van der Waals surface area contributed by atoms with Crippen LogP contribution in [0.4, 0.5) is 0 Å². The molecule has 3 fully saturated rings. The van der Waals surface area contributed by atoms with Gasteiger partial charge < -0.3 is 10.1 Å². The van der Waals surface area contributed by atoms with Crippen molar-refractivity contribution in [2.45, 2.75) is 63.1 Å². The minimum atomic E-state index is 0.284. The molecule has 90 valence electrons. The minimum Gasteiger partial charge on any atom is -0.368 e. The fraction of sp³-hybridized carbons (Fsp3) is 0.857. The Bertz CT molecular complexity index is 270. The van der Waals surface area contributed by atoms with Crippen molar-refractivity contribution >= 4 is 0 Å². The molecular formula is C14H23NO. The molecule has 1 spiro atoms. The van der Waals surface area contributed by atoms with E-state index in [0.29, 0.717) is 6.10 Å². The third-order valence-electron chi connectivity index (χ3n) is 4.45. The molecule has 3 rings (SSSR count). The van der Waals surface area contributed by atoms with Crippen LogP contribution in [0.2, 0.25) is 0 Å². The molecule has 1 atom stereocenters. The van der Waals surface area contributed by atoms with Gasteiger partial charge in [0, 0.05) is 6.54 Å². The van der Waals surface area contributed by atoms with Crippen LogP contribution in [0.5, 0.6) is 0 Å². The monoisotopic (exact) mass is 221 g/mol. The van der Waals surface area contributed by atoms with Crippen LogP contribution in [0.25, 0.3) is 0 Å². The maximum atomic E-state index is 6.35. The van der Waals surface area contributed by atoms with E-state index in [-0.39, 0.29) is 5.60 Å². The molecule has 16 heavy (non-hydrogen) atoms. The normalized spacial score (nSPS) is 36.2. The molecular weight excluding hydrogens is 198 g/mol. The van der Waals surface area contributed by atoms with Gasteiger partial charge in [0.15, 0.2) is 0 Å². The van der Waals surface area contributed by atoms with Gasteiger partial charge >= 0.3 is 0 Å². The Balaban J connectivity index is 1.61. The quantitative estimate of drug-likeness (QED) is 0.687. The number of ether oxygens (including phenoxy) is 1. The highest BCUT2D eigenvalue weighted by atomic mass is 16.5. The Kier molecular flexibility index (Phi) is 3.03. The van der Waals surface area contributed by atoms with Gasteiger partial charge in [0.2, 0.25) is 0 Å². The van der Waals surface area contributed by atoms with E-state index in [9.17, 15) is 0 Å². The van der Waals surface area contributed by atoms with E-state index < -0.39 is 0 Å². The molecule has 0 amide bonds. The molecule has 3 aliphatic rings. The molecule has 0 aromatic rings. The van der Waals surface area contributed by atoms with Crippen molar-refractivity contribution in [3.8, 4) is 0 Å². The molecule has 2 nitrogen and oxygen atoms in total. The molecule has 1 unspecified atom stereocenters. The van der Waals surface area contributed by atoms with Gasteiger partial charge in [-0.2, -0.15) is 0 Å². The van der Waals surface area contributed by atoms with Crippen molar-refractivity contribution in [2.24, 2.45) is 0 Å². The van der Waals surface area contributed by atoms with Gasteiger partial charge in [0.25, 0.3) is 0 Å². The topological polar surface area (TPSA) is 21.3 Å². The van der Waals surface area contributed by atoms with E-state index in [1.54, 1.807) is 5.57 Å². The summed E-state index contributed by atoms with van der Waals surface area (Å²) in [7, 11) is 0. The summed E-state index contributed by atoms with van der Waals surface area (Å²) in [4.78, 5) is 0. The first-order chi connectivity index (χ1) is 7.86. The fourth-order valence-corrected chi connectivity index (χ4v) is 3.52. The Labute approximate surface area is 98.4 Å². The summed E-state index contributed by atoms with van der Waals surface area (Å²) in [5.41, 5.74) is 1.85. The van der Waals surface area contributed by atoms with Crippen molar-refractivity contribution in [2.75, 3.05) is 13.1 Å². The third kappa shape index (κ3) is 2.18. The number of hydrogen-bond donors (Lipinski definition) is 1. The van der Waals surface area contributed by atoms with Crippen LogP contribution >= 0.6 is 0 Å². The van der Waals surface area contributed by atoms with Crippen LogP contribution in [0, 0.1) is 0 Å².